The highest BCUT2D eigenvalue weighted by Gasteiger charge is 2.27. The number of fused-ring (bicyclic) bond motifs is 1. The van der Waals surface area contributed by atoms with Gasteiger partial charge in [0.15, 0.2) is 0 Å². The maximum absolute atomic E-state index is 12.6. The molecule has 3 heterocycles. The number of nitrogens with zero attached hydrogens (tertiary/aromatic N) is 3. The summed E-state index contributed by atoms with van der Waals surface area (Å²) in [5.41, 5.74) is 3.22. The lowest BCUT2D eigenvalue weighted by atomic mass is 9.91. The number of carbonyl (C=O) groups excluding carboxylic acids is 1. The summed E-state index contributed by atoms with van der Waals surface area (Å²) in [5, 5.41) is 6.37. The summed E-state index contributed by atoms with van der Waals surface area (Å²) in [7, 11) is 0. The number of piperidine rings is 1. The third-order valence-electron chi connectivity index (χ3n) is 5.34. The topological polar surface area (TPSA) is 59.2 Å². The molecule has 4 rings (SSSR count). The van der Waals surface area contributed by atoms with Gasteiger partial charge in [0.05, 0.1) is 5.69 Å². The third-order valence-corrected chi connectivity index (χ3v) is 5.34. The first kappa shape index (κ1) is 16.8. The molecule has 0 atom stereocenters. The molecule has 5 nitrogen and oxygen atoms in total. The quantitative estimate of drug-likeness (QED) is 0.714. The Bertz CT molecular complexity index is 939. The van der Waals surface area contributed by atoms with Gasteiger partial charge in [0, 0.05) is 42.4 Å². The molecule has 26 heavy (non-hydrogen) atoms. The molecule has 0 saturated carbocycles. The molecule has 0 unspecified atom stereocenters. The zero-order valence-electron chi connectivity index (χ0n) is 15.2. The van der Waals surface area contributed by atoms with Crippen molar-refractivity contribution < 1.29 is 9.32 Å². The Morgan fingerprint density at radius 2 is 2.08 bits per heavy atom. The zero-order valence-corrected chi connectivity index (χ0v) is 15.2. The molecule has 1 aromatic carbocycles. The van der Waals surface area contributed by atoms with E-state index in [1.54, 1.807) is 6.07 Å². The van der Waals surface area contributed by atoms with Gasteiger partial charge >= 0.3 is 0 Å². The largest absolute Gasteiger partial charge is 0.351 e. The van der Waals surface area contributed by atoms with Crippen molar-refractivity contribution in [1.82, 2.24) is 15.0 Å². The normalized spacial score (nSPS) is 15.5. The average molecular weight is 349 g/mol. The third kappa shape index (κ3) is 3.09. The second-order valence-electron chi connectivity index (χ2n) is 7.01. The minimum absolute atomic E-state index is 0.0574. The van der Waals surface area contributed by atoms with Crippen LogP contribution >= 0.6 is 0 Å². The van der Waals surface area contributed by atoms with Gasteiger partial charge in [0.1, 0.15) is 0 Å². The van der Waals surface area contributed by atoms with Crippen molar-refractivity contribution in [1.29, 1.82) is 0 Å². The van der Waals surface area contributed by atoms with Crippen LogP contribution in [0.5, 0.6) is 0 Å². The summed E-state index contributed by atoms with van der Waals surface area (Å²) >= 11 is 0. The lowest BCUT2D eigenvalue weighted by Crippen LogP contribution is -2.37. The second kappa shape index (κ2) is 6.90. The van der Waals surface area contributed by atoms with Crippen molar-refractivity contribution in [3.8, 4) is 0 Å². The van der Waals surface area contributed by atoms with E-state index in [4.69, 9.17) is 4.52 Å². The Morgan fingerprint density at radius 1 is 1.27 bits per heavy atom. The zero-order chi connectivity index (χ0) is 18.1. The van der Waals surface area contributed by atoms with Gasteiger partial charge in [0.2, 0.25) is 5.76 Å². The first-order valence-corrected chi connectivity index (χ1v) is 9.26. The first-order chi connectivity index (χ1) is 12.7. The number of hydrogen-bond donors (Lipinski definition) is 0. The molecular weight excluding hydrogens is 326 g/mol. The van der Waals surface area contributed by atoms with Crippen LogP contribution in [0.3, 0.4) is 0 Å². The summed E-state index contributed by atoms with van der Waals surface area (Å²) in [4.78, 5) is 19.1. The molecule has 134 valence electrons. The Morgan fingerprint density at radius 3 is 2.81 bits per heavy atom. The SMILES string of the molecule is CCc1cc(C(=O)N2CCC(c3cc4c(C)cccc4cn3)CC2)on1. The first-order valence-electron chi connectivity index (χ1n) is 9.26. The number of likely N-dealkylation sites (tertiary alicyclic amines) is 1. The van der Waals surface area contributed by atoms with E-state index < -0.39 is 0 Å². The summed E-state index contributed by atoms with van der Waals surface area (Å²) in [5.74, 6) is 0.682. The molecular formula is C21H23N3O2. The van der Waals surface area contributed by atoms with E-state index in [2.05, 4.69) is 41.3 Å². The van der Waals surface area contributed by atoms with Crippen LogP contribution in [0.4, 0.5) is 0 Å². The molecule has 1 fully saturated rings. The fraction of sp³-hybridized carbons (Fsp3) is 0.381. The van der Waals surface area contributed by atoms with Crippen molar-refractivity contribution in [3.63, 3.8) is 0 Å². The van der Waals surface area contributed by atoms with E-state index in [9.17, 15) is 4.79 Å². The highest BCUT2D eigenvalue weighted by molar-refractivity contribution is 5.91. The van der Waals surface area contributed by atoms with E-state index in [1.807, 2.05) is 18.0 Å². The minimum atomic E-state index is -0.0574. The second-order valence-corrected chi connectivity index (χ2v) is 7.01. The van der Waals surface area contributed by atoms with Gasteiger partial charge in [-0.3, -0.25) is 9.78 Å². The fourth-order valence-corrected chi connectivity index (χ4v) is 3.68. The van der Waals surface area contributed by atoms with E-state index >= 15 is 0 Å². The Balaban J connectivity index is 1.46. The van der Waals surface area contributed by atoms with Crippen LogP contribution < -0.4 is 0 Å². The highest BCUT2D eigenvalue weighted by atomic mass is 16.5. The molecule has 0 radical (unpaired) electrons. The molecule has 0 bridgehead atoms. The van der Waals surface area contributed by atoms with Crippen LogP contribution in [-0.4, -0.2) is 34.0 Å². The summed E-state index contributed by atoms with van der Waals surface area (Å²) < 4.78 is 5.19. The smallest absolute Gasteiger partial charge is 0.292 e. The number of benzene rings is 1. The van der Waals surface area contributed by atoms with Crippen LogP contribution in [0.15, 0.2) is 41.1 Å². The predicted octanol–water partition coefficient (Wildman–Crippen LogP) is 4.11. The van der Waals surface area contributed by atoms with Crippen LogP contribution in [-0.2, 0) is 6.42 Å². The van der Waals surface area contributed by atoms with Crippen molar-refractivity contribution in [2.45, 2.75) is 39.0 Å². The van der Waals surface area contributed by atoms with Gasteiger partial charge in [-0.05, 0) is 43.2 Å². The van der Waals surface area contributed by atoms with Crippen LogP contribution in [0, 0.1) is 6.92 Å². The summed E-state index contributed by atoms with van der Waals surface area (Å²) in [6.45, 7) is 5.57. The number of aryl methyl sites for hydroxylation is 2. The molecule has 3 aromatic rings. The van der Waals surface area contributed by atoms with Crippen LogP contribution in [0.25, 0.3) is 10.8 Å². The molecule has 1 amide bonds. The van der Waals surface area contributed by atoms with E-state index in [0.29, 0.717) is 11.7 Å². The van der Waals surface area contributed by atoms with Crippen molar-refractivity contribution in [3.05, 3.63) is 59.2 Å². The van der Waals surface area contributed by atoms with Crippen LogP contribution in [0.2, 0.25) is 0 Å². The standard InChI is InChI=1S/C21H23N3O2/c1-3-17-11-20(26-23-17)21(25)24-9-7-15(8-10-24)19-12-18-14(2)5-4-6-16(18)13-22-19/h4-6,11-13,15H,3,7-10H2,1-2H3. The Hall–Kier alpha value is -2.69. The van der Waals surface area contributed by atoms with E-state index in [-0.39, 0.29) is 5.91 Å². The monoisotopic (exact) mass is 349 g/mol. The lowest BCUT2D eigenvalue weighted by Gasteiger charge is -2.31. The molecule has 0 spiro atoms. The minimum Gasteiger partial charge on any atom is -0.351 e. The molecule has 0 N–H and O–H groups in total. The predicted molar refractivity (Wildman–Crippen MR) is 100 cm³/mol. The number of hydrogen-bond acceptors (Lipinski definition) is 4. The van der Waals surface area contributed by atoms with Gasteiger partial charge < -0.3 is 9.42 Å². The van der Waals surface area contributed by atoms with Gasteiger partial charge in [0.25, 0.3) is 5.91 Å². The maximum Gasteiger partial charge on any atom is 0.292 e. The molecule has 1 saturated heterocycles. The number of pyridine rings is 1. The Kier molecular flexibility index (Phi) is 4.45. The number of rotatable bonds is 3. The van der Waals surface area contributed by atoms with E-state index in [1.165, 1.54) is 16.3 Å². The van der Waals surface area contributed by atoms with Crippen molar-refractivity contribution >= 4 is 16.7 Å². The molecule has 2 aromatic heterocycles. The number of amides is 1. The van der Waals surface area contributed by atoms with Gasteiger partial charge in [-0.15, -0.1) is 0 Å². The Labute approximate surface area is 153 Å². The van der Waals surface area contributed by atoms with Gasteiger partial charge in [-0.2, -0.15) is 0 Å². The van der Waals surface area contributed by atoms with Gasteiger partial charge in [-0.1, -0.05) is 30.3 Å². The lowest BCUT2D eigenvalue weighted by molar-refractivity contribution is 0.0670. The number of carbonyl (C=O) groups is 1. The molecule has 1 aliphatic heterocycles. The van der Waals surface area contributed by atoms with Gasteiger partial charge in [-0.25, -0.2) is 0 Å². The van der Waals surface area contributed by atoms with Crippen molar-refractivity contribution in [2.24, 2.45) is 0 Å². The molecule has 0 aliphatic carbocycles. The fourth-order valence-electron chi connectivity index (χ4n) is 3.68. The highest BCUT2D eigenvalue weighted by Crippen LogP contribution is 2.30. The maximum atomic E-state index is 12.6. The summed E-state index contributed by atoms with van der Waals surface area (Å²) in [6, 6.07) is 10.3. The van der Waals surface area contributed by atoms with Crippen LogP contribution in [0.1, 0.15) is 53.2 Å². The van der Waals surface area contributed by atoms with E-state index in [0.717, 1.165) is 43.7 Å². The molecule has 5 heteroatoms. The molecule has 1 aliphatic rings. The number of aromatic nitrogens is 2. The van der Waals surface area contributed by atoms with Crippen molar-refractivity contribution in [2.75, 3.05) is 13.1 Å². The average Bonchev–Trinajstić information content (AvgIpc) is 3.17. The summed E-state index contributed by atoms with van der Waals surface area (Å²) in [6.07, 6.45) is 4.58.